The van der Waals surface area contributed by atoms with Gasteiger partial charge >= 0.3 is 6.09 Å². The molecule has 4 amide bonds. The maximum Gasteiger partial charge on any atom is 0.412 e. The van der Waals surface area contributed by atoms with Gasteiger partial charge in [0.1, 0.15) is 11.9 Å². The number of hydrogen-bond acceptors (Lipinski definition) is 6. The summed E-state index contributed by atoms with van der Waals surface area (Å²) in [6, 6.07) is 10.7. The van der Waals surface area contributed by atoms with Crippen molar-refractivity contribution >= 4 is 29.6 Å². The molecule has 151 valence electrons. The molecule has 2 N–H and O–H groups in total. The predicted molar refractivity (Wildman–Crippen MR) is 99.4 cm³/mol. The number of hydrogen-bond donors (Lipinski definition) is 2. The minimum atomic E-state index is -0.676. The van der Waals surface area contributed by atoms with Gasteiger partial charge in [-0.2, -0.15) is 18.2 Å². The van der Waals surface area contributed by atoms with Gasteiger partial charge in [0.05, 0.1) is 6.61 Å². The second kappa shape index (κ2) is 9.44. The van der Waals surface area contributed by atoms with E-state index in [4.69, 9.17) is 4.74 Å². The average Bonchev–Trinajstić information content (AvgIpc) is 3.03. The molecule has 1 atom stereocenters. The van der Waals surface area contributed by atoms with E-state index in [1.807, 2.05) is 0 Å². The molecular weight excluding hydrogens is 465 g/mol. The molecule has 2 aromatic rings. The predicted octanol–water partition coefficient (Wildman–Crippen LogP) is 1.39. The summed E-state index contributed by atoms with van der Waals surface area (Å²) in [6.45, 7) is 0.204. The first kappa shape index (κ1) is 22.0. The molecule has 1 fully saturated rings. The quantitative estimate of drug-likeness (QED) is 0.503. The first-order chi connectivity index (χ1) is 14.0. The molecule has 0 bridgehead atoms. The molecule has 1 radical (unpaired) electrons. The summed E-state index contributed by atoms with van der Waals surface area (Å²) in [5, 5.41) is 4.77. The number of nitrogens with zero attached hydrogens (tertiary/aromatic N) is 2. The Balaban J connectivity index is 0.00000256. The maximum atomic E-state index is 12.8. The Hall–Kier alpha value is -2.65. The van der Waals surface area contributed by atoms with Crippen LogP contribution in [0.2, 0.25) is 0 Å². The van der Waals surface area contributed by atoms with Crippen molar-refractivity contribution in [1.29, 1.82) is 0 Å². The van der Waals surface area contributed by atoms with Crippen molar-refractivity contribution in [1.82, 2.24) is 15.2 Å². The number of piperidine rings is 1. The summed E-state index contributed by atoms with van der Waals surface area (Å²) < 4.78 is 5.16. The Morgan fingerprint density at radius 3 is 2.90 bits per heavy atom. The van der Waals surface area contributed by atoms with Crippen molar-refractivity contribution in [3.8, 4) is 0 Å². The van der Waals surface area contributed by atoms with Crippen LogP contribution in [0, 0.1) is 6.07 Å². The maximum absolute atomic E-state index is 12.8. The zero-order valence-corrected chi connectivity index (χ0v) is 18.7. The van der Waals surface area contributed by atoms with E-state index in [0.717, 1.165) is 0 Å². The smallest absolute Gasteiger partial charge is 0.412 e. The summed E-state index contributed by atoms with van der Waals surface area (Å²) in [4.78, 5) is 53.5. The molecule has 10 heteroatoms. The van der Waals surface area contributed by atoms with Gasteiger partial charge in [-0.15, -0.1) is 11.1 Å². The topological polar surface area (TPSA) is 118 Å². The third-order valence-electron chi connectivity index (χ3n) is 4.76. The normalized spacial score (nSPS) is 17.7. The molecule has 0 saturated carbocycles. The van der Waals surface area contributed by atoms with Gasteiger partial charge in [-0.1, -0.05) is 11.6 Å². The number of anilines is 1. The molecule has 0 aliphatic carbocycles. The van der Waals surface area contributed by atoms with Gasteiger partial charge in [0.15, 0.2) is 5.91 Å². The minimum Gasteiger partial charge on any atom is -0.457 e. The van der Waals surface area contributed by atoms with Gasteiger partial charge < -0.3 is 9.64 Å². The molecule has 1 aromatic carbocycles. The SMILES string of the molecule is O=C1CCC(N2Cc3[c-]cc(COC(=O)Nc4ccccn4)cc3C2=O)C(=O)N1.[Y]. The number of nitrogens with one attached hydrogen (secondary N) is 2. The number of ether oxygens (including phenoxy) is 1. The minimum absolute atomic E-state index is 0. The Labute approximate surface area is 197 Å². The Morgan fingerprint density at radius 2 is 2.17 bits per heavy atom. The standard InChI is InChI=1S/C20H17N4O5.Y/c25-17-7-6-15(18(26)23-17)24-10-13-5-4-12(9-14(13)19(24)27)11-29-20(28)22-16-3-1-2-8-21-16;/h1-4,8-9,15H,6-7,10-11H2,(H,21,22,28)(H,23,25,26);/q-1;. The number of aromatic nitrogens is 1. The number of fused-ring (bicyclic) bond motifs is 1. The van der Waals surface area contributed by atoms with Gasteiger partial charge in [-0.05, 0) is 18.6 Å². The largest absolute Gasteiger partial charge is 0.457 e. The summed E-state index contributed by atoms with van der Waals surface area (Å²) in [5.41, 5.74) is 1.68. The Bertz CT molecular complexity index is 998. The fourth-order valence-electron chi connectivity index (χ4n) is 3.33. The van der Waals surface area contributed by atoms with Gasteiger partial charge in [-0.3, -0.25) is 25.0 Å². The van der Waals surface area contributed by atoms with Crippen LogP contribution in [-0.2, 0) is 60.2 Å². The van der Waals surface area contributed by atoms with E-state index in [2.05, 4.69) is 21.7 Å². The third kappa shape index (κ3) is 4.74. The number of carbonyl (C=O) groups is 4. The average molecular weight is 482 g/mol. The zero-order chi connectivity index (χ0) is 20.4. The number of rotatable bonds is 4. The van der Waals surface area contributed by atoms with Crippen LogP contribution in [0.4, 0.5) is 10.6 Å². The summed E-state index contributed by atoms with van der Waals surface area (Å²) in [6.07, 6.45) is 1.38. The molecule has 2 aliphatic heterocycles. The van der Waals surface area contributed by atoms with Crippen molar-refractivity contribution in [3.05, 3.63) is 59.3 Å². The van der Waals surface area contributed by atoms with Crippen LogP contribution < -0.4 is 10.6 Å². The van der Waals surface area contributed by atoms with Crippen LogP contribution in [0.3, 0.4) is 0 Å². The molecule has 1 aromatic heterocycles. The van der Waals surface area contributed by atoms with E-state index in [9.17, 15) is 19.2 Å². The van der Waals surface area contributed by atoms with Gasteiger partial charge in [0, 0.05) is 51.9 Å². The van der Waals surface area contributed by atoms with Crippen molar-refractivity contribution in [2.24, 2.45) is 0 Å². The first-order valence-electron chi connectivity index (χ1n) is 9.04. The number of imide groups is 1. The van der Waals surface area contributed by atoms with Crippen LogP contribution in [0.25, 0.3) is 0 Å². The Morgan fingerprint density at radius 1 is 1.33 bits per heavy atom. The third-order valence-corrected chi connectivity index (χ3v) is 4.76. The van der Waals surface area contributed by atoms with Gasteiger partial charge in [0.2, 0.25) is 11.8 Å². The van der Waals surface area contributed by atoms with Crippen LogP contribution in [0.5, 0.6) is 0 Å². The van der Waals surface area contributed by atoms with Crippen molar-refractivity contribution < 1.29 is 56.6 Å². The molecule has 30 heavy (non-hydrogen) atoms. The number of benzene rings is 1. The van der Waals surface area contributed by atoms with E-state index in [1.54, 1.807) is 36.5 Å². The van der Waals surface area contributed by atoms with Crippen molar-refractivity contribution in [2.75, 3.05) is 5.32 Å². The number of amides is 4. The second-order valence-corrected chi connectivity index (χ2v) is 6.72. The molecule has 2 aliphatic rings. The second-order valence-electron chi connectivity index (χ2n) is 6.72. The summed E-state index contributed by atoms with van der Waals surface area (Å²) in [7, 11) is 0. The summed E-state index contributed by atoms with van der Waals surface area (Å²) >= 11 is 0. The number of carbonyl (C=O) groups excluding carboxylic acids is 4. The van der Waals surface area contributed by atoms with Gasteiger partial charge in [0.25, 0.3) is 0 Å². The van der Waals surface area contributed by atoms with Crippen LogP contribution in [0.15, 0.2) is 36.5 Å². The van der Waals surface area contributed by atoms with Crippen LogP contribution >= 0.6 is 0 Å². The summed E-state index contributed by atoms with van der Waals surface area (Å²) in [5.74, 6) is -0.721. The van der Waals surface area contributed by atoms with E-state index in [1.165, 1.54) is 4.90 Å². The van der Waals surface area contributed by atoms with Crippen LogP contribution in [0.1, 0.15) is 34.3 Å². The van der Waals surface area contributed by atoms with E-state index in [-0.39, 0.29) is 64.1 Å². The molecule has 3 heterocycles. The molecular formula is C20H17N4O5Y-. The molecule has 1 unspecified atom stereocenters. The van der Waals surface area contributed by atoms with E-state index >= 15 is 0 Å². The zero-order valence-electron chi connectivity index (χ0n) is 15.9. The van der Waals surface area contributed by atoms with Gasteiger partial charge in [-0.25, -0.2) is 9.78 Å². The fraction of sp³-hybridized carbons (Fsp3) is 0.250. The first-order valence-corrected chi connectivity index (χ1v) is 9.04. The molecule has 9 nitrogen and oxygen atoms in total. The van der Waals surface area contributed by atoms with E-state index < -0.39 is 18.0 Å². The van der Waals surface area contributed by atoms with Crippen molar-refractivity contribution in [3.63, 3.8) is 0 Å². The number of pyridine rings is 1. The Kier molecular flexibility index (Phi) is 6.94. The van der Waals surface area contributed by atoms with Crippen LogP contribution in [-0.4, -0.2) is 39.7 Å². The van der Waals surface area contributed by atoms with E-state index in [0.29, 0.717) is 28.9 Å². The monoisotopic (exact) mass is 482 g/mol. The fourth-order valence-corrected chi connectivity index (χ4v) is 3.33. The molecule has 1 saturated heterocycles. The van der Waals surface area contributed by atoms with Crippen molar-refractivity contribution in [2.45, 2.75) is 32.0 Å². The molecule has 4 rings (SSSR count). The molecule has 0 spiro atoms.